The summed E-state index contributed by atoms with van der Waals surface area (Å²) in [5.74, 6) is 0.474. The number of halogens is 1. The molecule has 0 radical (unpaired) electrons. The lowest BCUT2D eigenvalue weighted by Crippen LogP contribution is -2.41. The molecule has 0 spiro atoms. The first-order valence-electron chi connectivity index (χ1n) is 6.19. The molecule has 1 aliphatic heterocycles. The fourth-order valence-corrected chi connectivity index (χ4v) is 2.78. The van der Waals surface area contributed by atoms with E-state index in [9.17, 15) is 4.39 Å². The summed E-state index contributed by atoms with van der Waals surface area (Å²) >= 11 is 0. The Bertz CT molecular complexity index is 397. The molecule has 0 aromatic heterocycles. The molecular weight excluding hydrogens is 217 g/mol. The van der Waals surface area contributed by atoms with Gasteiger partial charge in [0, 0.05) is 5.54 Å². The normalized spacial score (nSPS) is 24.3. The Kier molecular flexibility index (Phi) is 3.38. The SMILES string of the molecule is COc1ccc(C2(C(C)C)CCCN2)cc1F. The van der Waals surface area contributed by atoms with Crippen LogP contribution in [-0.4, -0.2) is 13.7 Å². The molecule has 1 aliphatic rings. The Morgan fingerprint density at radius 3 is 2.65 bits per heavy atom. The molecule has 2 rings (SSSR count). The fourth-order valence-electron chi connectivity index (χ4n) is 2.78. The van der Waals surface area contributed by atoms with Crippen molar-refractivity contribution in [2.45, 2.75) is 32.2 Å². The van der Waals surface area contributed by atoms with Gasteiger partial charge in [-0.3, -0.25) is 0 Å². The van der Waals surface area contributed by atoms with Gasteiger partial charge in [0.15, 0.2) is 11.6 Å². The highest BCUT2D eigenvalue weighted by Gasteiger charge is 2.38. The average Bonchev–Trinajstić information content (AvgIpc) is 2.79. The standard InChI is InChI=1S/C14H20FNO/c1-10(2)14(7-4-8-16-14)11-5-6-13(17-3)12(15)9-11/h5-6,9-10,16H,4,7-8H2,1-3H3. The third-order valence-electron chi connectivity index (χ3n) is 3.84. The maximum Gasteiger partial charge on any atom is 0.165 e. The summed E-state index contributed by atoms with van der Waals surface area (Å²) in [6, 6.07) is 5.30. The highest BCUT2D eigenvalue weighted by Crippen LogP contribution is 2.38. The van der Waals surface area contributed by atoms with Gasteiger partial charge in [-0.1, -0.05) is 19.9 Å². The van der Waals surface area contributed by atoms with Crippen molar-refractivity contribution in [2.75, 3.05) is 13.7 Å². The van der Waals surface area contributed by atoms with Crippen LogP contribution in [0.4, 0.5) is 4.39 Å². The molecule has 1 fully saturated rings. The van der Waals surface area contributed by atoms with E-state index in [-0.39, 0.29) is 11.4 Å². The minimum atomic E-state index is -0.279. The number of nitrogens with one attached hydrogen (secondary N) is 1. The monoisotopic (exact) mass is 237 g/mol. The minimum absolute atomic E-state index is 0.0763. The molecule has 94 valence electrons. The number of rotatable bonds is 3. The molecular formula is C14H20FNO. The predicted octanol–water partition coefficient (Wildman–Crippen LogP) is 3.07. The van der Waals surface area contributed by atoms with Crippen LogP contribution >= 0.6 is 0 Å². The van der Waals surface area contributed by atoms with E-state index in [0.29, 0.717) is 11.7 Å². The van der Waals surface area contributed by atoms with E-state index in [4.69, 9.17) is 4.74 Å². The summed E-state index contributed by atoms with van der Waals surface area (Å²) in [5, 5.41) is 3.54. The number of ether oxygens (including phenoxy) is 1. The zero-order chi connectivity index (χ0) is 12.5. The van der Waals surface area contributed by atoms with E-state index in [1.54, 1.807) is 12.1 Å². The third kappa shape index (κ3) is 2.04. The second-order valence-electron chi connectivity index (χ2n) is 5.01. The number of methoxy groups -OCH3 is 1. The highest BCUT2D eigenvalue weighted by molar-refractivity contribution is 5.34. The van der Waals surface area contributed by atoms with Gasteiger partial charge in [-0.2, -0.15) is 0 Å². The molecule has 1 unspecified atom stereocenters. The van der Waals surface area contributed by atoms with Crippen LogP contribution < -0.4 is 10.1 Å². The summed E-state index contributed by atoms with van der Waals surface area (Å²) < 4.78 is 18.7. The van der Waals surface area contributed by atoms with Crippen LogP contribution in [0, 0.1) is 11.7 Å². The summed E-state index contributed by atoms with van der Waals surface area (Å²) in [6.45, 7) is 5.37. The first-order valence-corrected chi connectivity index (χ1v) is 6.19. The zero-order valence-corrected chi connectivity index (χ0v) is 10.7. The van der Waals surface area contributed by atoms with Crippen molar-refractivity contribution >= 4 is 0 Å². The van der Waals surface area contributed by atoms with Gasteiger partial charge in [0.25, 0.3) is 0 Å². The van der Waals surface area contributed by atoms with Gasteiger partial charge in [0.05, 0.1) is 7.11 Å². The quantitative estimate of drug-likeness (QED) is 0.872. The first kappa shape index (κ1) is 12.4. The van der Waals surface area contributed by atoms with Crippen LogP contribution in [0.25, 0.3) is 0 Å². The number of benzene rings is 1. The lowest BCUT2D eigenvalue weighted by molar-refractivity contribution is 0.275. The zero-order valence-electron chi connectivity index (χ0n) is 10.7. The van der Waals surface area contributed by atoms with Crippen molar-refractivity contribution < 1.29 is 9.13 Å². The Labute approximate surface area is 102 Å². The average molecular weight is 237 g/mol. The Balaban J connectivity index is 2.41. The maximum absolute atomic E-state index is 13.8. The fraction of sp³-hybridized carbons (Fsp3) is 0.571. The highest BCUT2D eigenvalue weighted by atomic mass is 19.1. The van der Waals surface area contributed by atoms with Gasteiger partial charge >= 0.3 is 0 Å². The van der Waals surface area contributed by atoms with Gasteiger partial charge in [-0.15, -0.1) is 0 Å². The largest absolute Gasteiger partial charge is 0.494 e. The third-order valence-corrected chi connectivity index (χ3v) is 3.84. The summed E-state index contributed by atoms with van der Waals surface area (Å²) in [4.78, 5) is 0. The number of hydrogen-bond donors (Lipinski definition) is 1. The molecule has 1 saturated heterocycles. The Morgan fingerprint density at radius 1 is 1.41 bits per heavy atom. The number of hydrogen-bond acceptors (Lipinski definition) is 2. The molecule has 0 saturated carbocycles. The van der Waals surface area contributed by atoms with Crippen molar-refractivity contribution in [1.29, 1.82) is 0 Å². The van der Waals surface area contributed by atoms with E-state index in [1.807, 2.05) is 6.07 Å². The summed E-state index contributed by atoms with van der Waals surface area (Å²) in [6.07, 6.45) is 2.21. The second kappa shape index (κ2) is 4.65. The molecule has 3 heteroatoms. The summed E-state index contributed by atoms with van der Waals surface area (Å²) in [5.41, 5.74) is 0.955. The van der Waals surface area contributed by atoms with Crippen LogP contribution in [0.3, 0.4) is 0 Å². The molecule has 1 atom stereocenters. The van der Waals surface area contributed by atoms with Crippen molar-refractivity contribution in [3.63, 3.8) is 0 Å². The van der Waals surface area contributed by atoms with Gasteiger partial charge in [0.1, 0.15) is 0 Å². The van der Waals surface area contributed by atoms with Crippen LogP contribution in [0.1, 0.15) is 32.3 Å². The van der Waals surface area contributed by atoms with Crippen LogP contribution in [0.15, 0.2) is 18.2 Å². The lowest BCUT2D eigenvalue weighted by atomic mass is 9.79. The van der Waals surface area contributed by atoms with E-state index in [2.05, 4.69) is 19.2 Å². The predicted molar refractivity (Wildman–Crippen MR) is 66.7 cm³/mol. The van der Waals surface area contributed by atoms with Crippen molar-refractivity contribution in [3.8, 4) is 5.75 Å². The molecule has 17 heavy (non-hydrogen) atoms. The van der Waals surface area contributed by atoms with Gasteiger partial charge in [0.2, 0.25) is 0 Å². The Hall–Kier alpha value is -1.09. The van der Waals surface area contributed by atoms with E-state index in [1.165, 1.54) is 7.11 Å². The second-order valence-corrected chi connectivity index (χ2v) is 5.01. The molecule has 1 heterocycles. The van der Waals surface area contributed by atoms with Crippen molar-refractivity contribution in [3.05, 3.63) is 29.6 Å². The maximum atomic E-state index is 13.8. The van der Waals surface area contributed by atoms with Gasteiger partial charge < -0.3 is 10.1 Å². The molecule has 2 nitrogen and oxygen atoms in total. The minimum Gasteiger partial charge on any atom is -0.494 e. The van der Waals surface area contributed by atoms with E-state index < -0.39 is 0 Å². The van der Waals surface area contributed by atoms with E-state index in [0.717, 1.165) is 24.9 Å². The molecule has 0 aliphatic carbocycles. The first-order chi connectivity index (χ1) is 8.10. The van der Waals surface area contributed by atoms with Gasteiger partial charge in [-0.05, 0) is 43.0 Å². The van der Waals surface area contributed by atoms with Crippen molar-refractivity contribution in [1.82, 2.24) is 5.32 Å². The Morgan fingerprint density at radius 2 is 2.18 bits per heavy atom. The van der Waals surface area contributed by atoms with Crippen molar-refractivity contribution in [2.24, 2.45) is 5.92 Å². The molecule has 1 aromatic rings. The van der Waals surface area contributed by atoms with Crippen LogP contribution in [-0.2, 0) is 5.54 Å². The molecule has 1 N–H and O–H groups in total. The lowest BCUT2D eigenvalue weighted by Gasteiger charge is -2.34. The van der Waals surface area contributed by atoms with Crippen LogP contribution in [0.5, 0.6) is 5.75 Å². The van der Waals surface area contributed by atoms with E-state index >= 15 is 0 Å². The topological polar surface area (TPSA) is 21.3 Å². The molecule has 0 bridgehead atoms. The van der Waals surface area contributed by atoms with Crippen LogP contribution in [0.2, 0.25) is 0 Å². The molecule has 1 aromatic carbocycles. The molecule has 0 amide bonds. The van der Waals surface area contributed by atoms with Gasteiger partial charge in [-0.25, -0.2) is 4.39 Å². The smallest absolute Gasteiger partial charge is 0.165 e. The summed E-state index contributed by atoms with van der Waals surface area (Å²) in [7, 11) is 1.49.